The normalized spacial score (nSPS) is 13.5. The number of ether oxygens (including phenoxy) is 6. The van der Waals surface area contributed by atoms with Gasteiger partial charge < -0.3 is 28.4 Å². The number of carbonyl (C=O) groups is 4. The number of aryl methyl sites for hydroxylation is 2. The molecule has 2 aromatic rings. The summed E-state index contributed by atoms with van der Waals surface area (Å²) in [7, 11) is 0. The number of nitrogens with zero attached hydrogens (tertiary/aromatic N) is 2. The van der Waals surface area contributed by atoms with Crippen molar-refractivity contribution in [3.8, 4) is 11.5 Å². The Morgan fingerprint density at radius 2 is 0.810 bits per heavy atom. The summed E-state index contributed by atoms with van der Waals surface area (Å²) in [6.07, 6.45) is 30.8. The van der Waals surface area contributed by atoms with Gasteiger partial charge in [-0.1, -0.05) is 166 Å². The van der Waals surface area contributed by atoms with Gasteiger partial charge in [0.25, 0.3) is 0 Å². The van der Waals surface area contributed by atoms with E-state index in [-0.39, 0.29) is 63.6 Å². The monoisotopic (exact) mass is 1170 g/mol. The summed E-state index contributed by atoms with van der Waals surface area (Å²) in [5, 5.41) is 0. The van der Waals surface area contributed by atoms with E-state index in [1.807, 2.05) is 0 Å². The van der Waals surface area contributed by atoms with E-state index < -0.39 is 29.3 Å². The fraction of sp³-hybridized carbons (Fsp3) is 0.746. The largest absolute Gasteiger partial charge is 0.478 e. The minimum Gasteiger partial charge on any atom is -0.478 e. The Labute approximate surface area is 496 Å². The highest BCUT2D eigenvalue weighted by Crippen LogP contribution is 2.32. The quantitative estimate of drug-likeness (QED) is 0.0282. The molecule has 0 amide bonds. The lowest BCUT2D eigenvalue weighted by molar-refractivity contribution is -0.170. The predicted octanol–water partition coefficient (Wildman–Crippen LogP) is 14.4. The van der Waals surface area contributed by atoms with E-state index in [0.29, 0.717) is 25.0 Å². The molecule has 0 bridgehead atoms. The van der Waals surface area contributed by atoms with E-state index in [9.17, 15) is 19.2 Å². The second-order valence-corrected chi connectivity index (χ2v) is 25.2. The van der Waals surface area contributed by atoms with Gasteiger partial charge in [0, 0.05) is 60.3 Å². The van der Waals surface area contributed by atoms with Gasteiger partial charge in [0.15, 0.2) is 0 Å². The van der Waals surface area contributed by atoms with Crippen molar-refractivity contribution in [2.45, 2.75) is 207 Å². The zero-order valence-electron chi connectivity index (χ0n) is 48.8. The van der Waals surface area contributed by atoms with Crippen LogP contribution in [0.25, 0.3) is 0 Å². The van der Waals surface area contributed by atoms with Gasteiger partial charge in [-0.25, -0.2) is 0 Å². The number of esters is 4. The lowest BCUT2D eigenvalue weighted by atomic mass is 9.92. The number of benzene rings is 2. The highest BCUT2D eigenvalue weighted by Gasteiger charge is 2.38. The molecule has 4 rings (SSSR count). The van der Waals surface area contributed by atoms with Crippen molar-refractivity contribution in [3.05, 3.63) is 58.7 Å². The van der Waals surface area contributed by atoms with Crippen LogP contribution in [0.3, 0.4) is 0 Å². The number of carbonyl (C=O) groups excluding carboxylic acids is 4. The topological polar surface area (TPSA) is 130 Å². The van der Waals surface area contributed by atoms with E-state index in [2.05, 4.69) is 85.3 Å². The third kappa shape index (κ3) is 30.4. The molecule has 0 aromatic heterocycles. The Balaban J connectivity index is 1.15. The van der Waals surface area contributed by atoms with Gasteiger partial charge in [-0.05, 0) is 61.2 Å². The average molecular weight is 1180 g/mol. The SMILES string of the molecule is CCCCCCCCCCCCN1COc2c(CCCSCCC(=O)OCC(COC(=O)CCS)(COC(=O)CCS)COC(=O)CCSCCCc3cccc4c3OCN(CCCCCCCCCCCC)C4)cccc2C1. The van der Waals surface area contributed by atoms with Gasteiger partial charge in [0.1, 0.15) is 56.8 Å². The van der Waals surface area contributed by atoms with E-state index in [1.165, 1.54) is 151 Å². The first kappa shape index (κ1) is 68.7. The van der Waals surface area contributed by atoms with Crippen molar-refractivity contribution in [1.29, 1.82) is 0 Å². The third-order valence-corrected chi connectivity index (χ3v) is 17.3. The predicted molar refractivity (Wildman–Crippen MR) is 332 cm³/mol. The molecule has 0 saturated carbocycles. The standard InChI is InChI=1S/C63H102N2O10S4/c1-3-5-7-9-11-13-15-17-19-21-37-64-45-55-29-23-27-53(61(55)74-51-64)31-25-41-78-43-35-59(68)72-49-63(47-70-57(66)33-39-76,48-71-58(67)34-40-77)50-73-60(69)36-44-79-42-26-32-54-28-24-30-56-46-65(52-75-62(54)56)38-22-20-18-16-14-12-10-8-6-4-2/h23-24,27-30,76-77H,3-22,25-26,31-52H2,1-2H3. The number of thiol groups is 2. The van der Waals surface area contributed by atoms with Gasteiger partial charge in [0.2, 0.25) is 0 Å². The Morgan fingerprint density at radius 3 is 1.16 bits per heavy atom. The maximum absolute atomic E-state index is 13.2. The van der Waals surface area contributed by atoms with Crippen LogP contribution in [-0.4, -0.2) is 121 Å². The number of unbranched alkanes of at least 4 members (excludes halogenated alkanes) is 18. The van der Waals surface area contributed by atoms with Gasteiger partial charge in [-0.3, -0.25) is 29.0 Å². The number of rotatable bonds is 48. The summed E-state index contributed by atoms with van der Waals surface area (Å²) in [5.74, 6) is 3.55. The molecule has 0 aliphatic carbocycles. The van der Waals surface area contributed by atoms with Crippen LogP contribution in [-0.2, 0) is 64.1 Å². The first-order valence-corrected chi connectivity index (χ1v) is 34.2. The van der Waals surface area contributed by atoms with Crippen LogP contribution >= 0.6 is 48.8 Å². The van der Waals surface area contributed by atoms with E-state index in [1.54, 1.807) is 23.5 Å². The second kappa shape index (κ2) is 43.9. The Kier molecular flexibility index (Phi) is 38.2. The number of hydrogen-bond donors (Lipinski definition) is 2. The molecule has 448 valence electrons. The summed E-state index contributed by atoms with van der Waals surface area (Å²) in [4.78, 5) is 56.4. The van der Waals surface area contributed by atoms with Gasteiger partial charge in [-0.15, -0.1) is 0 Å². The summed E-state index contributed by atoms with van der Waals surface area (Å²) >= 11 is 11.7. The molecule has 0 unspecified atom stereocenters. The lowest BCUT2D eigenvalue weighted by Crippen LogP contribution is -2.44. The summed E-state index contributed by atoms with van der Waals surface area (Å²) in [5.41, 5.74) is 3.65. The Hall–Kier alpha value is -2.76. The molecule has 2 heterocycles. The molecular formula is C63H102N2O10S4. The van der Waals surface area contributed by atoms with Crippen molar-refractivity contribution >= 4 is 72.7 Å². The summed E-state index contributed by atoms with van der Waals surface area (Å²) in [6.45, 7) is 8.64. The van der Waals surface area contributed by atoms with Crippen LogP contribution in [0.2, 0.25) is 0 Å². The molecule has 0 saturated heterocycles. The van der Waals surface area contributed by atoms with Gasteiger partial charge >= 0.3 is 23.9 Å². The lowest BCUT2D eigenvalue weighted by Gasteiger charge is -2.31. The zero-order valence-corrected chi connectivity index (χ0v) is 52.2. The summed E-state index contributed by atoms with van der Waals surface area (Å²) in [6, 6.07) is 12.9. The van der Waals surface area contributed by atoms with Crippen LogP contribution in [0.1, 0.15) is 203 Å². The maximum atomic E-state index is 13.2. The average Bonchev–Trinajstić information content (AvgIpc) is 3.46. The molecule has 0 fully saturated rings. The van der Waals surface area contributed by atoms with Crippen molar-refractivity contribution in [3.63, 3.8) is 0 Å². The minimum atomic E-state index is -1.31. The molecular weight excluding hydrogens is 1070 g/mol. The molecule has 0 N–H and O–H groups in total. The fourth-order valence-corrected chi connectivity index (χ4v) is 12.1. The van der Waals surface area contributed by atoms with Crippen LogP contribution < -0.4 is 9.47 Å². The fourth-order valence-electron chi connectivity index (χ4n) is 10.0. The van der Waals surface area contributed by atoms with Crippen LogP contribution in [0.15, 0.2) is 36.4 Å². The molecule has 12 nitrogen and oxygen atoms in total. The molecule has 0 atom stereocenters. The van der Waals surface area contributed by atoms with E-state index in [0.717, 1.165) is 74.9 Å². The van der Waals surface area contributed by atoms with Crippen molar-refractivity contribution < 1.29 is 47.6 Å². The second-order valence-electron chi connectivity index (χ2n) is 21.8. The highest BCUT2D eigenvalue weighted by atomic mass is 32.2. The third-order valence-electron chi connectivity index (χ3n) is 14.7. The van der Waals surface area contributed by atoms with Gasteiger partial charge in [0.05, 0.1) is 25.7 Å². The summed E-state index contributed by atoms with van der Waals surface area (Å²) < 4.78 is 35.4. The Bertz CT molecular complexity index is 1840. The van der Waals surface area contributed by atoms with Crippen molar-refractivity contribution in [1.82, 2.24) is 9.80 Å². The van der Waals surface area contributed by atoms with Crippen LogP contribution in [0.4, 0.5) is 0 Å². The number of fused-ring (bicyclic) bond motifs is 2. The Morgan fingerprint density at radius 1 is 0.468 bits per heavy atom. The van der Waals surface area contributed by atoms with E-state index >= 15 is 0 Å². The highest BCUT2D eigenvalue weighted by molar-refractivity contribution is 7.99. The molecule has 16 heteroatoms. The molecule has 79 heavy (non-hydrogen) atoms. The minimum absolute atomic E-state index is 0.0579. The zero-order chi connectivity index (χ0) is 56.4. The first-order valence-electron chi connectivity index (χ1n) is 30.6. The first-order chi connectivity index (χ1) is 38.7. The maximum Gasteiger partial charge on any atom is 0.306 e. The molecule has 2 aliphatic rings. The molecule has 2 aromatic carbocycles. The van der Waals surface area contributed by atoms with Crippen molar-refractivity contribution in [2.24, 2.45) is 5.41 Å². The smallest absolute Gasteiger partial charge is 0.306 e. The number of hydrogen-bond acceptors (Lipinski definition) is 16. The van der Waals surface area contributed by atoms with E-state index in [4.69, 9.17) is 28.4 Å². The van der Waals surface area contributed by atoms with Crippen LogP contribution in [0, 0.1) is 5.41 Å². The number of para-hydroxylation sites is 2. The molecule has 0 radical (unpaired) electrons. The molecule has 0 spiro atoms. The van der Waals surface area contributed by atoms with Crippen LogP contribution in [0.5, 0.6) is 11.5 Å². The van der Waals surface area contributed by atoms with Gasteiger partial charge in [-0.2, -0.15) is 48.8 Å². The molecule has 2 aliphatic heterocycles. The number of thioether (sulfide) groups is 2. The van der Waals surface area contributed by atoms with Crippen molar-refractivity contribution in [2.75, 3.05) is 87.5 Å².